The van der Waals surface area contributed by atoms with E-state index >= 15 is 0 Å². The van der Waals surface area contributed by atoms with Crippen LogP contribution in [0.5, 0.6) is 0 Å². The number of benzene rings is 2. The Labute approximate surface area is 210 Å². The van der Waals surface area contributed by atoms with E-state index < -0.39 is 11.9 Å². The Morgan fingerprint density at radius 1 is 1.14 bits per heavy atom. The highest BCUT2D eigenvalue weighted by Crippen LogP contribution is 2.30. The molecule has 3 heterocycles. The summed E-state index contributed by atoms with van der Waals surface area (Å²) in [7, 11) is 1.65. The van der Waals surface area contributed by atoms with Crippen molar-refractivity contribution < 1.29 is 14.2 Å². The zero-order valence-electron chi connectivity index (χ0n) is 19.4. The van der Waals surface area contributed by atoms with Crippen LogP contribution < -0.4 is 5.56 Å². The zero-order valence-corrected chi connectivity index (χ0v) is 20.1. The number of aliphatic hydroxyl groups excluding tert-OH is 1. The Kier molecular flexibility index (Phi) is 6.69. The molecule has 0 radical (unpaired) electrons. The third-order valence-corrected chi connectivity index (χ3v) is 6.40. The van der Waals surface area contributed by atoms with Gasteiger partial charge in [-0.15, -0.1) is 0 Å². The predicted octanol–water partition coefficient (Wildman–Crippen LogP) is 4.28. The van der Waals surface area contributed by atoms with Gasteiger partial charge in [0.1, 0.15) is 11.5 Å². The molecule has 0 aliphatic carbocycles. The molecule has 0 aliphatic rings. The van der Waals surface area contributed by atoms with E-state index in [1.807, 2.05) is 24.4 Å². The van der Waals surface area contributed by atoms with Crippen molar-refractivity contribution in [2.24, 2.45) is 0 Å². The largest absolute Gasteiger partial charge is 0.394 e. The smallest absolute Gasteiger partial charge is 0.251 e. The maximum Gasteiger partial charge on any atom is 0.251 e. The molecule has 1 atom stereocenters. The molecule has 0 bridgehead atoms. The lowest BCUT2D eigenvalue weighted by Gasteiger charge is -2.19. The van der Waals surface area contributed by atoms with Crippen LogP contribution in [0, 0.1) is 5.82 Å². The molecule has 0 aliphatic heterocycles. The lowest BCUT2D eigenvalue weighted by molar-refractivity contribution is 0.183. The van der Waals surface area contributed by atoms with Gasteiger partial charge in [0.05, 0.1) is 42.5 Å². The van der Waals surface area contributed by atoms with E-state index in [1.165, 1.54) is 28.8 Å². The number of halogens is 2. The van der Waals surface area contributed by atoms with Gasteiger partial charge in [-0.1, -0.05) is 23.7 Å². The molecule has 0 saturated carbocycles. The number of hydrogen-bond donors (Lipinski definition) is 2. The lowest BCUT2D eigenvalue weighted by atomic mass is 10.0. The number of fused-ring (bicyclic) bond motifs is 1. The van der Waals surface area contributed by atoms with Crippen molar-refractivity contribution >= 4 is 22.5 Å². The minimum atomic E-state index is -0.692. The van der Waals surface area contributed by atoms with Crippen LogP contribution in [0.3, 0.4) is 0 Å². The number of ether oxygens (including phenoxy) is 1. The first-order valence-corrected chi connectivity index (χ1v) is 11.6. The molecular formula is C26H23ClFN5O3. The van der Waals surface area contributed by atoms with Crippen molar-refractivity contribution in [1.29, 1.82) is 0 Å². The Morgan fingerprint density at radius 3 is 2.72 bits per heavy atom. The first-order valence-electron chi connectivity index (χ1n) is 11.3. The fourth-order valence-electron chi connectivity index (χ4n) is 4.21. The van der Waals surface area contributed by atoms with Crippen LogP contribution in [0.4, 0.5) is 4.39 Å². The van der Waals surface area contributed by atoms with Crippen molar-refractivity contribution in [2.75, 3.05) is 20.3 Å². The standard InChI is InChI=1S/C26H23ClFN5O3/c1-36-9-8-32-14-19(13-29-32)26-20-10-16(3-5-23(20)30-31-26)17-6-7-33(25(35)12-17)24(15-34)18-2-4-22(28)21(27)11-18/h2-7,10-14,24,34H,8-9,15H2,1H3,(H,30,31)/t24-/m1/s1. The molecule has 5 aromatic rings. The average molecular weight is 508 g/mol. The summed E-state index contributed by atoms with van der Waals surface area (Å²) in [4.78, 5) is 13.0. The van der Waals surface area contributed by atoms with E-state index in [0.717, 1.165) is 33.3 Å². The van der Waals surface area contributed by atoms with Crippen LogP contribution in [0.15, 0.2) is 71.9 Å². The Hall–Kier alpha value is -3.79. The van der Waals surface area contributed by atoms with Gasteiger partial charge in [-0.25, -0.2) is 4.39 Å². The number of nitrogens with zero attached hydrogens (tertiary/aromatic N) is 4. The fourth-order valence-corrected chi connectivity index (χ4v) is 4.40. The zero-order chi connectivity index (χ0) is 25.2. The van der Waals surface area contributed by atoms with Crippen LogP contribution in [0.2, 0.25) is 5.02 Å². The highest BCUT2D eigenvalue weighted by Gasteiger charge is 2.17. The second-order valence-electron chi connectivity index (χ2n) is 8.35. The molecule has 10 heteroatoms. The highest BCUT2D eigenvalue weighted by atomic mass is 35.5. The van der Waals surface area contributed by atoms with Gasteiger partial charge in [-0.3, -0.25) is 14.6 Å². The average Bonchev–Trinajstić information content (AvgIpc) is 3.52. The van der Waals surface area contributed by atoms with Gasteiger partial charge in [0.15, 0.2) is 0 Å². The maximum atomic E-state index is 13.6. The van der Waals surface area contributed by atoms with Crippen LogP contribution in [-0.4, -0.2) is 50.0 Å². The molecule has 2 aromatic carbocycles. The first-order chi connectivity index (χ1) is 17.5. The molecule has 0 unspecified atom stereocenters. The lowest BCUT2D eigenvalue weighted by Crippen LogP contribution is -2.26. The maximum absolute atomic E-state index is 13.6. The summed E-state index contributed by atoms with van der Waals surface area (Å²) in [5.41, 5.74) is 4.28. The van der Waals surface area contributed by atoms with Gasteiger partial charge in [0.25, 0.3) is 5.56 Å². The number of nitrogens with one attached hydrogen (secondary N) is 1. The molecule has 0 saturated heterocycles. The van der Waals surface area contributed by atoms with Crippen molar-refractivity contribution in [3.63, 3.8) is 0 Å². The van der Waals surface area contributed by atoms with Gasteiger partial charge in [-0.2, -0.15) is 10.2 Å². The molecule has 36 heavy (non-hydrogen) atoms. The van der Waals surface area contributed by atoms with Crippen LogP contribution in [0.1, 0.15) is 11.6 Å². The highest BCUT2D eigenvalue weighted by molar-refractivity contribution is 6.30. The number of rotatable bonds is 8. The van der Waals surface area contributed by atoms with E-state index in [-0.39, 0.29) is 17.2 Å². The summed E-state index contributed by atoms with van der Waals surface area (Å²) in [5, 5.41) is 22.7. The predicted molar refractivity (Wildman–Crippen MR) is 136 cm³/mol. The molecule has 184 valence electrons. The van der Waals surface area contributed by atoms with E-state index in [4.69, 9.17) is 16.3 Å². The van der Waals surface area contributed by atoms with Gasteiger partial charge in [0, 0.05) is 36.5 Å². The normalized spacial score (nSPS) is 12.3. The van der Waals surface area contributed by atoms with Crippen molar-refractivity contribution in [1.82, 2.24) is 24.5 Å². The number of aliphatic hydroxyl groups is 1. The number of hydrogen-bond acceptors (Lipinski definition) is 5. The van der Waals surface area contributed by atoms with Crippen LogP contribution in [0.25, 0.3) is 33.3 Å². The Morgan fingerprint density at radius 2 is 1.97 bits per heavy atom. The third-order valence-electron chi connectivity index (χ3n) is 6.11. The third kappa shape index (κ3) is 4.56. The topological polar surface area (TPSA) is 98.0 Å². The molecule has 8 nitrogen and oxygen atoms in total. The molecular weight excluding hydrogens is 485 g/mol. The first kappa shape index (κ1) is 23.9. The molecule has 0 fully saturated rings. The van der Waals surface area contributed by atoms with Crippen molar-refractivity contribution in [3.8, 4) is 22.4 Å². The fraction of sp³-hybridized carbons (Fsp3) is 0.192. The summed E-state index contributed by atoms with van der Waals surface area (Å²) in [6.07, 6.45) is 5.30. The monoisotopic (exact) mass is 507 g/mol. The van der Waals surface area contributed by atoms with E-state index in [9.17, 15) is 14.3 Å². The van der Waals surface area contributed by atoms with Crippen LogP contribution >= 0.6 is 11.6 Å². The van der Waals surface area contributed by atoms with Gasteiger partial charge < -0.3 is 14.4 Å². The minimum Gasteiger partial charge on any atom is -0.394 e. The number of aromatic amines is 1. The number of pyridine rings is 1. The minimum absolute atomic E-state index is 0.0657. The van der Waals surface area contributed by atoms with Gasteiger partial charge >= 0.3 is 0 Å². The number of H-pyrrole nitrogens is 1. The Bertz CT molecular complexity index is 1590. The summed E-state index contributed by atoms with van der Waals surface area (Å²) < 4.78 is 21.9. The second kappa shape index (κ2) is 10.1. The summed E-state index contributed by atoms with van der Waals surface area (Å²) in [6, 6.07) is 12.6. The van der Waals surface area contributed by atoms with Crippen LogP contribution in [-0.2, 0) is 11.3 Å². The molecule has 2 N–H and O–H groups in total. The summed E-state index contributed by atoms with van der Waals surface area (Å²) >= 11 is 5.90. The van der Waals surface area contributed by atoms with Gasteiger partial charge in [-0.05, 0) is 47.0 Å². The second-order valence-corrected chi connectivity index (χ2v) is 8.76. The molecule has 5 rings (SSSR count). The van der Waals surface area contributed by atoms with E-state index in [1.54, 1.807) is 30.3 Å². The quantitative estimate of drug-likeness (QED) is 0.327. The van der Waals surface area contributed by atoms with Crippen molar-refractivity contribution in [2.45, 2.75) is 12.6 Å². The van der Waals surface area contributed by atoms with Crippen molar-refractivity contribution in [3.05, 3.63) is 93.9 Å². The Balaban J connectivity index is 1.48. The number of methoxy groups -OCH3 is 1. The van der Waals surface area contributed by atoms with Gasteiger partial charge in [0.2, 0.25) is 0 Å². The number of aromatic nitrogens is 5. The summed E-state index contributed by atoms with van der Waals surface area (Å²) in [5.74, 6) is -0.559. The molecule has 3 aromatic heterocycles. The molecule has 0 spiro atoms. The van der Waals surface area contributed by atoms with E-state index in [2.05, 4.69) is 15.3 Å². The SMILES string of the molecule is COCCn1cc(-c2n[nH]c3ccc(-c4ccn([C@H](CO)c5ccc(F)c(Cl)c5)c(=O)c4)cc23)cn1. The van der Waals surface area contributed by atoms with E-state index in [0.29, 0.717) is 18.7 Å². The summed E-state index contributed by atoms with van der Waals surface area (Å²) in [6.45, 7) is 0.854. The molecule has 0 amide bonds.